The number of ether oxygens (including phenoxy) is 1. The fourth-order valence-corrected chi connectivity index (χ4v) is 1.42. The van der Waals surface area contributed by atoms with Crippen LogP contribution in [0.4, 0.5) is 13.2 Å². The zero-order valence-corrected chi connectivity index (χ0v) is 16.4. The predicted molar refractivity (Wildman–Crippen MR) is 42.6 cm³/mol. The van der Waals surface area contributed by atoms with Gasteiger partial charge in [0, 0.05) is 6.54 Å². The van der Waals surface area contributed by atoms with Crippen LogP contribution in [-0.4, -0.2) is 50.4 Å². The molecule has 1 fully saturated rings. The molecule has 0 aromatic rings. The molecule has 0 aromatic heterocycles. The van der Waals surface area contributed by atoms with Crippen LogP contribution in [-0.2, 0) is 4.74 Å². The number of nitrogens with zero attached hydrogens (tertiary/aromatic N) is 1. The van der Waals surface area contributed by atoms with Crippen LogP contribution in [0.3, 0.4) is 0 Å². The normalized spacial score (nSPS) is 27.9. The number of hydrogen-bond acceptors (Lipinski definition) is 4. The van der Waals surface area contributed by atoms with E-state index < -0.39 is 31.9 Å². The molecule has 2 atom stereocenters. The van der Waals surface area contributed by atoms with Crippen LogP contribution in [0.5, 0.6) is 0 Å². The first kappa shape index (κ1) is 22.3. The SMILES string of the molecule is CN1CCC(OCB([O-])[O-])C(F)C1(F)F.[K+].[K+]. The molecule has 0 N–H and O–H groups in total. The first-order valence-corrected chi connectivity index (χ1v) is 4.52. The van der Waals surface area contributed by atoms with Gasteiger partial charge < -0.3 is 14.8 Å². The molecule has 0 bridgehead atoms. The van der Waals surface area contributed by atoms with E-state index >= 15 is 0 Å². The molecular weight excluding hydrogens is 292 g/mol. The molecule has 1 rings (SSSR count). The van der Waals surface area contributed by atoms with Crippen molar-refractivity contribution in [2.45, 2.75) is 24.7 Å². The van der Waals surface area contributed by atoms with E-state index in [9.17, 15) is 23.2 Å². The van der Waals surface area contributed by atoms with Gasteiger partial charge in [0.05, 0.1) is 6.10 Å². The predicted octanol–water partition coefficient (Wildman–Crippen LogP) is -7.61. The van der Waals surface area contributed by atoms with Crippen LogP contribution < -0.4 is 113 Å². The van der Waals surface area contributed by atoms with Gasteiger partial charge in [0.2, 0.25) is 6.17 Å². The first-order valence-electron chi connectivity index (χ1n) is 4.52. The number of rotatable bonds is 3. The summed E-state index contributed by atoms with van der Waals surface area (Å²) in [6, 6.07) is -3.61. The average molecular weight is 303 g/mol. The molecule has 1 aliphatic rings. The Morgan fingerprint density at radius 1 is 1.41 bits per heavy atom. The smallest absolute Gasteiger partial charge is 0.891 e. The summed E-state index contributed by atoms with van der Waals surface area (Å²) in [6.45, 7) is -0.828. The second-order valence-electron chi connectivity index (χ2n) is 3.50. The van der Waals surface area contributed by atoms with Gasteiger partial charge in [-0.05, 0) is 20.0 Å². The standard InChI is InChI=1S/C7H11BF3NO3.2K/c1-12-3-2-5(15-4-8(13)14)6(9)7(12,10)11;;/h5-6H,2-4H2,1H3;;/q-2;2*+1. The zero-order valence-electron chi connectivity index (χ0n) is 10.2. The fourth-order valence-electron chi connectivity index (χ4n) is 1.42. The van der Waals surface area contributed by atoms with E-state index in [-0.39, 0.29) is 116 Å². The maximum Gasteiger partial charge on any atom is 1.00 e. The molecular formula is C7H11BF3K2NO3. The van der Waals surface area contributed by atoms with Crippen molar-refractivity contribution < 1.29 is 131 Å². The summed E-state index contributed by atoms with van der Waals surface area (Å²) < 4.78 is 43.9. The van der Waals surface area contributed by atoms with E-state index in [4.69, 9.17) is 0 Å². The summed E-state index contributed by atoms with van der Waals surface area (Å²) in [6.07, 6.45) is -3.84. The summed E-state index contributed by atoms with van der Waals surface area (Å²) in [5, 5.41) is 20.2. The molecule has 4 nitrogen and oxygen atoms in total. The minimum absolute atomic E-state index is 0. The van der Waals surface area contributed by atoms with Gasteiger partial charge in [0.15, 0.2) is 0 Å². The monoisotopic (exact) mass is 303 g/mol. The van der Waals surface area contributed by atoms with Crippen molar-refractivity contribution in [3.05, 3.63) is 0 Å². The molecule has 0 aromatic carbocycles. The number of likely N-dealkylation sites (tertiary alicyclic amines) is 1. The van der Waals surface area contributed by atoms with Crippen molar-refractivity contribution in [1.82, 2.24) is 4.90 Å². The number of hydrogen-bond donors (Lipinski definition) is 0. The van der Waals surface area contributed by atoms with Gasteiger partial charge in [0.25, 0.3) is 0 Å². The second-order valence-corrected chi connectivity index (χ2v) is 3.50. The molecule has 1 saturated heterocycles. The van der Waals surface area contributed by atoms with Gasteiger partial charge in [-0.2, -0.15) is 8.78 Å². The van der Waals surface area contributed by atoms with Crippen molar-refractivity contribution in [1.29, 1.82) is 0 Å². The third kappa shape index (κ3) is 6.51. The average Bonchev–Trinajstić information content (AvgIpc) is 2.14. The maximum absolute atomic E-state index is 13.2. The van der Waals surface area contributed by atoms with Crippen LogP contribution in [0.1, 0.15) is 6.42 Å². The molecule has 0 radical (unpaired) electrons. The van der Waals surface area contributed by atoms with E-state index in [1.165, 1.54) is 0 Å². The van der Waals surface area contributed by atoms with Crippen LogP contribution in [0, 0.1) is 0 Å². The van der Waals surface area contributed by atoms with Crippen molar-refractivity contribution in [2.24, 2.45) is 0 Å². The molecule has 88 valence electrons. The minimum Gasteiger partial charge on any atom is -0.891 e. The van der Waals surface area contributed by atoms with Gasteiger partial charge in [-0.1, -0.05) is 7.12 Å². The van der Waals surface area contributed by atoms with Crippen molar-refractivity contribution in [3.63, 3.8) is 0 Å². The Morgan fingerprint density at radius 2 is 1.94 bits per heavy atom. The van der Waals surface area contributed by atoms with Gasteiger partial charge >= 0.3 is 109 Å². The van der Waals surface area contributed by atoms with E-state index in [0.717, 1.165) is 7.05 Å². The minimum atomic E-state index is -3.61. The number of halogens is 3. The zero-order chi connectivity index (χ0) is 11.6. The van der Waals surface area contributed by atoms with E-state index in [0.29, 0.717) is 4.90 Å². The van der Waals surface area contributed by atoms with Crippen molar-refractivity contribution >= 4 is 7.12 Å². The molecule has 1 heterocycles. The van der Waals surface area contributed by atoms with Gasteiger partial charge in [-0.15, -0.1) is 0 Å². The Bertz CT molecular complexity index is 229. The van der Waals surface area contributed by atoms with E-state index in [1.807, 2.05) is 0 Å². The Kier molecular flexibility index (Phi) is 12.9. The molecule has 10 heteroatoms. The van der Waals surface area contributed by atoms with Crippen molar-refractivity contribution in [3.8, 4) is 0 Å². The number of piperidine rings is 1. The molecule has 1 aliphatic heterocycles. The second kappa shape index (κ2) is 9.82. The molecule has 0 amide bonds. The topological polar surface area (TPSA) is 58.6 Å². The summed E-state index contributed by atoms with van der Waals surface area (Å²) in [5.74, 6) is 0. The molecule has 2 unspecified atom stereocenters. The van der Waals surface area contributed by atoms with E-state index in [1.54, 1.807) is 0 Å². The quantitative estimate of drug-likeness (QED) is 0.384. The number of alkyl halides is 3. The molecule has 0 aliphatic carbocycles. The van der Waals surface area contributed by atoms with Crippen molar-refractivity contribution in [2.75, 3.05) is 20.1 Å². The summed E-state index contributed by atoms with van der Waals surface area (Å²) >= 11 is 0. The Balaban J connectivity index is 0. The third-order valence-electron chi connectivity index (χ3n) is 2.36. The Morgan fingerprint density at radius 3 is 2.41 bits per heavy atom. The van der Waals surface area contributed by atoms with Gasteiger partial charge in [-0.3, -0.25) is 0 Å². The molecule has 17 heavy (non-hydrogen) atoms. The largest absolute Gasteiger partial charge is 1.00 e. The molecule has 0 saturated carbocycles. The maximum atomic E-state index is 13.2. The summed E-state index contributed by atoms with van der Waals surface area (Å²) in [4.78, 5) is 0.587. The summed E-state index contributed by atoms with van der Waals surface area (Å²) in [7, 11) is -1.17. The Labute approximate surface area is 184 Å². The Hall–Kier alpha value is 2.97. The van der Waals surface area contributed by atoms with Crippen LogP contribution in [0.15, 0.2) is 0 Å². The van der Waals surface area contributed by atoms with E-state index in [2.05, 4.69) is 4.74 Å². The van der Waals surface area contributed by atoms with Gasteiger partial charge in [-0.25, -0.2) is 9.29 Å². The van der Waals surface area contributed by atoms with Crippen LogP contribution in [0.25, 0.3) is 0 Å². The van der Waals surface area contributed by atoms with Crippen LogP contribution in [0.2, 0.25) is 0 Å². The van der Waals surface area contributed by atoms with Gasteiger partial charge in [0.1, 0.15) is 0 Å². The third-order valence-corrected chi connectivity index (χ3v) is 2.36. The first-order chi connectivity index (χ1) is 6.85. The fraction of sp³-hybridized carbons (Fsp3) is 1.00. The van der Waals surface area contributed by atoms with Crippen LogP contribution >= 0.6 is 0 Å². The molecule has 0 spiro atoms. The summed E-state index contributed by atoms with van der Waals surface area (Å²) in [5.41, 5.74) is 0.